The van der Waals surface area contributed by atoms with Crippen LogP contribution in [0.15, 0.2) is 0 Å². The van der Waals surface area contributed by atoms with Crippen molar-refractivity contribution in [3.63, 3.8) is 0 Å². The monoisotopic (exact) mass is 282 g/mol. The lowest BCUT2D eigenvalue weighted by Crippen LogP contribution is -2.51. The Kier molecular flexibility index (Phi) is 5.26. The number of aliphatic carboxylic acids is 1. The Morgan fingerprint density at radius 1 is 1.10 bits per heavy atom. The van der Waals surface area contributed by atoms with Crippen molar-refractivity contribution in [2.45, 2.75) is 70.4 Å². The molecule has 0 unspecified atom stereocenters. The molecule has 0 radical (unpaired) electrons. The fourth-order valence-electron chi connectivity index (χ4n) is 3.39. The molecule has 2 amide bonds. The molecule has 2 aliphatic rings. The molecule has 20 heavy (non-hydrogen) atoms. The van der Waals surface area contributed by atoms with Crippen molar-refractivity contribution in [3.8, 4) is 0 Å². The summed E-state index contributed by atoms with van der Waals surface area (Å²) in [4.78, 5) is 24.9. The fourth-order valence-corrected chi connectivity index (χ4v) is 3.39. The van der Waals surface area contributed by atoms with Crippen molar-refractivity contribution >= 4 is 12.0 Å². The fraction of sp³-hybridized carbons (Fsp3) is 0.867. The second-order valence-electron chi connectivity index (χ2n) is 6.37. The molecule has 5 nitrogen and oxygen atoms in total. The van der Waals surface area contributed by atoms with Crippen molar-refractivity contribution in [1.82, 2.24) is 10.2 Å². The Hall–Kier alpha value is -1.26. The highest BCUT2D eigenvalue weighted by atomic mass is 16.4. The Morgan fingerprint density at radius 2 is 1.70 bits per heavy atom. The van der Waals surface area contributed by atoms with Gasteiger partial charge in [-0.1, -0.05) is 19.8 Å². The van der Waals surface area contributed by atoms with Crippen LogP contribution in [-0.2, 0) is 4.79 Å². The van der Waals surface area contributed by atoms with E-state index in [4.69, 9.17) is 5.11 Å². The number of carboxylic acid groups (broad SMARTS) is 1. The van der Waals surface area contributed by atoms with E-state index in [2.05, 4.69) is 12.2 Å². The van der Waals surface area contributed by atoms with Crippen molar-refractivity contribution in [2.75, 3.05) is 6.54 Å². The lowest BCUT2D eigenvalue weighted by Gasteiger charge is -2.32. The van der Waals surface area contributed by atoms with E-state index in [1.165, 1.54) is 4.90 Å². The number of nitrogens with zero attached hydrogens (tertiary/aromatic N) is 1. The van der Waals surface area contributed by atoms with E-state index >= 15 is 0 Å². The van der Waals surface area contributed by atoms with Gasteiger partial charge in [-0.05, 0) is 44.4 Å². The van der Waals surface area contributed by atoms with Gasteiger partial charge >= 0.3 is 12.0 Å². The smallest absolute Gasteiger partial charge is 0.323 e. The van der Waals surface area contributed by atoms with E-state index in [-0.39, 0.29) is 24.7 Å². The largest absolute Gasteiger partial charge is 0.480 e. The highest BCUT2D eigenvalue weighted by Crippen LogP contribution is 2.25. The molecular weight excluding hydrogens is 256 g/mol. The molecule has 0 aromatic carbocycles. The zero-order valence-electron chi connectivity index (χ0n) is 12.3. The summed E-state index contributed by atoms with van der Waals surface area (Å²) in [5.41, 5.74) is 0. The molecule has 0 spiro atoms. The van der Waals surface area contributed by atoms with E-state index in [0.29, 0.717) is 0 Å². The SMILES string of the molecule is CC1CCC(NC(=O)N(CC(=O)O)C2CCCC2)CC1. The minimum atomic E-state index is -0.927. The summed E-state index contributed by atoms with van der Waals surface area (Å²) in [6.07, 6.45) is 8.37. The maximum absolute atomic E-state index is 12.4. The molecule has 5 heteroatoms. The third-order valence-electron chi connectivity index (χ3n) is 4.68. The van der Waals surface area contributed by atoms with Gasteiger partial charge in [0.2, 0.25) is 0 Å². The average molecular weight is 282 g/mol. The summed E-state index contributed by atoms with van der Waals surface area (Å²) in [6, 6.07) is 0.142. The molecular formula is C15H26N2O3. The molecule has 2 aliphatic carbocycles. The first-order valence-corrected chi connectivity index (χ1v) is 7.85. The van der Waals surface area contributed by atoms with Gasteiger partial charge in [0.15, 0.2) is 0 Å². The molecule has 2 N–H and O–H groups in total. The Morgan fingerprint density at radius 3 is 2.25 bits per heavy atom. The topological polar surface area (TPSA) is 69.6 Å². The van der Waals surface area contributed by atoms with Gasteiger partial charge in [0, 0.05) is 12.1 Å². The van der Waals surface area contributed by atoms with Gasteiger partial charge in [0.25, 0.3) is 0 Å². The van der Waals surface area contributed by atoms with Crippen molar-refractivity contribution in [3.05, 3.63) is 0 Å². The Balaban J connectivity index is 1.90. The zero-order valence-corrected chi connectivity index (χ0v) is 12.3. The normalized spacial score (nSPS) is 27.2. The molecule has 2 fully saturated rings. The van der Waals surface area contributed by atoms with E-state index in [1.807, 2.05) is 0 Å². The summed E-state index contributed by atoms with van der Waals surface area (Å²) >= 11 is 0. The van der Waals surface area contributed by atoms with Crippen LogP contribution in [-0.4, -0.2) is 40.6 Å². The van der Waals surface area contributed by atoms with Crippen LogP contribution in [0.4, 0.5) is 4.79 Å². The first-order chi connectivity index (χ1) is 9.56. The molecule has 114 valence electrons. The minimum absolute atomic E-state index is 0.105. The Labute approximate surface area is 120 Å². The van der Waals surface area contributed by atoms with Crippen LogP contribution in [0, 0.1) is 5.92 Å². The summed E-state index contributed by atoms with van der Waals surface area (Å²) in [6.45, 7) is 2.06. The highest BCUT2D eigenvalue weighted by molar-refractivity contribution is 5.80. The van der Waals surface area contributed by atoms with E-state index in [1.54, 1.807) is 0 Å². The highest BCUT2D eigenvalue weighted by Gasteiger charge is 2.30. The van der Waals surface area contributed by atoms with Crippen molar-refractivity contribution in [2.24, 2.45) is 5.92 Å². The summed E-state index contributed by atoms with van der Waals surface area (Å²) in [7, 11) is 0. The number of carboxylic acids is 1. The van der Waals surface area contributed by atoms with Gasteiger partial charge in [-0.2, -0.15) is 0 Å². The molecule has 0 aromatic heterocycles. The van der Waals surface area contributed by atoms with Gasteiger partial charge in [-0.25, -0.2) is 4.79 Å². The van der Waals surface area contributed by atoms with Gasteiger partial charge in [-0.3, -0.25) is 4.79 Å². The van der Waals surface area contributed by atoms with Crippen LogP contribution >= 0.6 is 0 Å². The predicted molar refractivity (Wildman–Crippen MR) is 76.5 cm³/mol. The minimum Gasteiger partial charge on any atom is -0.480 e. The standard InChI is InChI=1S/C15H26N2O3/c1-11-6-8-12(9-7-11)16-15(20)17(10-14(18)19)13-4-2-3-5-13/h11-13H,2-10H2,1H3,(H,16,20)(H,18,19). The number of amides is 2. The van der Waals surface area contributed by atoms with Gasteiger partial charge in [-0.15, -0.1) is 0 Å². The second kappa shape index (κ2) is 6.95. The molecule has 0 aromatic rings. The van der Waals surface area contributed by atoms with Crippen LogP contribution in [0.2, 0.25) is 0 Å². The third-order valence-corrected chi connectivity index (χ3v) is 4.68. The maximum Gasteiger partial charge on any atom is 0.323 e. The summed E-state index contributed by atoms with van der Waals surface area (Å²) < 4.78 is 0. The van der Waals surface area contributed by atoms with Gasteiger partial charge < -0.3 is 15.3 Å². The molecule has 2 rings (SSSR count). The number of carbonyl (C=O) groups is 2. The molecule has 0 aliphatic heterocycles. The number of carbonyl (C=O) groups excluding carboxylic acids is 1. The van der Waals surface area contributed by atoms with Crippen LogP contribution in [0.5, 0.6) is 0 Å². The number of hydrogen-bond acceptors (Lipinski definition) is 2. The Bertz CT molecular complexity index is 345. The molecule has 0 saturated heterocycles. The van der Waals surface area contributed by atoms with Crippen LogP contribution in [0.1, 0.15) is 58.3 Å². The maximum atomic E-state index is 12.4. The van der Waals surface area contributed by atoms with Crippen LogP contribution < -0.4 is 5.32 Å². The predicted octanol–water partition coefficient (Wildman–Crippen LogP) is 2.60. The third kappa shape index (κ3) is 4.12. The average Bonchev–Trinajstić information content (AvgIpc) is 2.92. The van der Waals surface area contributed by atoms with Crippen molar-refractivity contribution < 1.29 is 14.7 Å². The molecule has 0 bridgehead atoms. The molecule has 2 saturated carbocycles. The van der Waals surface area contributed by atoms with Crippen LogP contribution in [0.25, 0.3) is 0 Å². The molecule has 0 atom stereocenters. The number of hydrogen-bond donors (Lipinski definition) is 2. The number of nitrogens with one attached hydrogen (secondary N) is 1. The zero-order chi connectivity index (χ0) is 14.5. The molecule has 0 heterocycles. The summed E-state index contributed by atoms with van der Waals surface area (Å²) in [5.74, 6) is -0.183. The van der Waals surface area contributed by atoms with E-state index in [9.17, 15) is 9.59 Å². The van der Waals surface area contributed by atoms with Gasteiger partial charge in [0.05, 0.1) is 0 Å². The van der Waals surface area contributed by atoms with Crippen LogP contribution in [0.3, 0.4) is 0 Å². The van der Waals surface area contributed by atoms with Gasteiger partial charge in [0.1, 0.15) is 6.54 Å². The summed E-state index contributed by atoms with van der Waals surface area (Å²) in [5, 5.41) is 12.1. The van der Waals surface area contributed by atoms with E-state index < -0.39 is 5.97 Å². The second-order valence-corrected chi connectivity index (χ2v) is 6.37. The first kappa shape index (κ1) is 15.1. The lowest BCUT2D eigenvalue weighted by molar-refractivity contribution is -0.138. The number of urea groups is 1. The first-order valence-electron chi connectivity index (χ1n) is 7.85. The lowest BCUT2D eigenvalue weighted by atomic mass is 9.87. The van der Waals surface area contributed by atoms with Crippen molar-refractivity contribution in [1.29, 1.82) is 0 Å². The number of rotatable bonds is 4. The quantitative estimate of drug-likeness (QED) is 0.832. The van der Waals surface area contributed by atoms with E-state index in [0.717, 1.165) is 57.3 Å².